The van der Waals surface area contributed by atoms with E-state index in [0.29, 0.717) is 11.5 Å². The zero-order valence-electron chi connectivity index (χ0n) is 15.2. The van der Waals surface area contributed by atoms with Crippen LogP contribution < -0.4 is 5.73 Å². The predicted octanol–water partition coefficient (Wildman–Crippen LogP) is 3.98. The lowest BCUT2D eigenvalue weighted by molar-refractivity contribution is 0.100. The van der Waals surface area contributed by atoms with E-state index >= 15 is 0 Å². The molecule has 1 unspecified atom stereocenters. The molecule has 1 amide bonds. The fourth-order valence-corrected chi connectivity index (χ4v) is 4.10. The number of nitrogens with one attached hydrogen (secondary N) is 1. The van der Waals surface area contributed by atoms with Gasteiger partial charge in [-0.1, -0.05) is 37.3 Å². The number of hydrogen-bond acceptors (Lipinski definition) is 2. The summed E-state index contributed by atoms with van der Waals surface area (Å²) in [6.45, 7) is 2.17. The number of nitrogens with zero attached hydrogens (tertiary/aromatic N) is 1. The van der Waals surface area contributed by atoms with Gasteiger partial charge in [-0.3, -0.25) is 9.79 Å². The topological polar surface area (TPSA) is 71.2 Å². The van der Waals surface area contributed by atoms with Gasteiger partial charge in [-0.2, -0.15) is 0 Å². The highest BCUT2D eigenvalue weighted by molar-refractivity contribution is 6.18. The Labute approximate surface area is 153 Å². The van der Waals surface area contributed by atoms with Crippen molar-refractivity contribution >= 4 is 22.5 Å². The number of primary amides is 1. The van der Waals surface area contributed by atoms with E-state index in [4.69, 9.17) is 5.73 Å². The molecule has 0 fully saturated rings. The summed E-state index contributed by atoms with van der Waals surface area (Å²) in [5.41, 5.74) is 13.1. The average Bonchev–Trinajstić information content (AvgIpc) is 3.05. The fourth-order valence-electron chi connectivity index (χ4n) is 4.10. The maximum Gasteiger partial charge on any atom is 0.249 e. The summed E-state index contributed by atoms with van der Waals surface area (Å²) in [5.74, 6) is -0.0117. The molecular formula is C22H23N3O. The molecule has 4 heteroatoms. The van der Waals surface area contributed by atoms with Crippen LogP contribution in [-0.2, 0) is 12.8 Å². The van der Waals surface area contributed by atoms with Gasteiger partial charge in [-0.05, 0) is 48.4 Å². The second kappa shape index (κ2) is 6.45. The third kappa shape index (κ3) is 2.62. The normalized spacial score (nSPS) is 18.2. The zero-order chi connectivity index (χ0) is 18.3. The van der Waals surface area contributed by atoms with Gasteiger partial charge in [0.15, 0.2) is 0 Å². The molecule has 132 valence electrons. The van der Waals surface area contributed by atoms with Crippen LogP contribution in [0.5, 0.6) is 0 Å². The molecule has 3 aromatic rings. The first kappa shape index (κ1) is 16.6. The number of carbonyl (C=O) groups is 1. The quantitative estimate of drug-likeness (QED) is 0.740. The van der Waals surface area contributed by atoms with Crippen molar-refractivity contribution in [1.82, 2.24) is 4.98 Å². The highest BCUT2D eigenvalue weighted by Gasteiger charge is 2.29. The summed E-state index contributed by atoms with van der Waals surface area (Å²) in [6, 6.07) is 14.6. The highest BCUT2D eigenvalue weighted by atomic mass is 16.1. The van der Waals surface area contributed by atoms with Gasteiger partial charge in [0, 0.05) is 40.5 Å². The first-order valence-corrected chi connectivity index (χ1v) is 9.10. The fraction of sp³-hybridized carbons (Fsp3) is 0.273. The molecule has 0 saturated carbocycles. The highest BCUT2D eigenvalue weighted by Crippen LogP contribution is 2.37. The maximum absolute atomic E-state index is 11.9. The van der Waals surface area contributed by atoms with Crippen molar-refractivity contribution < 1.29 is 4.79 Å². The molecule has 1 atom stereocenters. The van der Waals surface area contributed by atoms with Crippen LogP contribution in [0.15, 0.2) is 47.5 Å². The van der Waals surface area contributed by atoms with E-state index in [1.165, 1.54) is 11.1 Å². The van der Waals surface area contributed by atoms with Gasteiger partial charge < -0.3 is 10.7 Å². The summed E-state index contributed by atoms with van der Waals surface area (Å²) in [6.07, 6.45) is 2.83. The first-order chi connectivity index (χ1) is 12.6. The van der Waals surface area contributed by atoms with Crippen LogP contribution >= 0.6 is 0 Å². The van der Waals surface area contributed by atoms with E-state index in [-0.39, 0.29) is 0 Å². The SMILES string of the molecule is CCc1ccc(C2CC(=NC)c3c([nH]c4cccc(C(N)=O)c34)C2)cc1. The molecule has 0 radical (unpaired) electrons. The standard InChI is InChI=1S/C22H23N3O/c1-3-13-7-9-14(10-8-13)15-11-18(24-2)21-19(12-15)25-17-6-4-5-16(20(17)21)22(23)26/h4-10,15,25H,3,11-12H2,1-2H3,(H2,23,26). The Morgan fingerprint density at radius 2 is 1.96 bits per heavy atom. The maximum atomic E-state index is 11.9. The van der Waals surface area contributed by atoms with E-state index in [0.717, 1.165) is 47.1 Å². The molecule has 0 bridgehead atoms. The second-order valence-electron chi connectivity index (χ2n) is 6.94. The van der Waals surface area contributed by atoms with Gasteiger partial charge in [-0.25, -0.2) is 0 Å². The molecule has 1 heterocycles. The number of aromatic nitrogens is 1. The minimum absolute atomic E-state index is 0.386. The van der Waals surface area contributed by atoms with Crippen molar-refractivity contribution in [1.29, 1.82) is 0 Å². The van der Waals surface area contributed by atoms with Crippen LogP contribution in [0, 0.1) is 0 Å². The summed E-state index contributed by atoms with van der Waals surface area (Å²) < 4.78 is 0. The number of benzene rings is 2. The number of aryl methyl sites for hydroxylation is 1. The van der Waals surface area contributed by atoms with E-state index < -0.39 is 5.91 Å². The Morgan fingerprint density at radius 3 is 2.62 bits per heavy atom. The van der Waals surface area contributed by atoms with Crippen molar-refractivity contribution in [3.8, 4) is 0 Å². The molecule has 1 aromatic heterocycles. The third-order valence-electron chi connectivity index (χ3n) is 5.48. The van der Waals surface area contributed by atoms with Gasteiger partial charge in [-0.15, -0.1) is 0 Å². The molecule has 1 aliphatic rings. The van der Waals surface area contributed by atoms with Gasteiger partial charge >= 0.3 is 0 Å². The number of H-pyrrole nitrogens is 1. The molecule has 4 nitrogen and oxygen atoms in total. The number of aliphatic imine (C=N–C) groups is 1. The number of amides is 1. The van der Waals surface area contributed by atoms with Gasteiger partial charge in [0.2, 0.25) is 5.91 Å². The van der Waals surface area contributed by atoms with E-state index in [1.54, 1.807) is 6.07 Å². The summed E-state index contributed by atoms with van der Waals surface area (Å²) in [4.78, 5) is 20.0. The van der Waals surface area contributed by atoms with Crippen molar-refractivity contribution in [2.75, 3.05) is 7.05 Å². The third-order valence-corrected chi connectivity index (χ3v) is 5.48. The Kier molecular flexibility index (Phi) is 4.11. The van der Waals surface area contributed by atoms with E-state index in [9.17, 15) is 4.79 Å². The predicted molar refractivity (Wildman–Crippen MR) is 106 cm³/mol. The molecule has 4 rings (SSSR count). The summed E-state index contributed by atoms with van der Waals surface area (Å²) in [7, 11) is 1.83. The lowest BCUT2D eigenvalue weighted by Gasteiger charge is -2.24. The first-order valence-electron chi connectivity index (χ1n) is 9.10. The monoisotopic (exact) mass is 345 g/mol. The smallest absolute Gasteiger partial charge is 0.249 e. The van der Waals surface area contributed by atoms with Crippen LogP contribution in [0.3, 0.4) is 0 Å². The largest absolute Gasteiger partial charge is 0.366 e. The van der Waals surface area contributed by atoms with Crippen molar-refractivity contribution in [2.45, 2.75) is 32.1 Å². The molecule has 0 saturated heterocycles. The minimum atomic E-state index is -0.398. The van der Waals surface area contributed by atoms with Crippen molar-refractivity contribution in [3.05, 3.63) is 70.4 Å². The number of fused-ring (bicyclic) bond motifs is 3. The summed E-state index contributed by atoms with van der Waals surface area (Å²) >= 11 is 0. The van der Waals surface area contributed by atoms with Gasteiger partial charge in [0.05, 0.1) is 0 Å². The number of carbonyl (C=O) groups excluding carboxylic acids is 1. The Morgan fingerprint density at radius 1 is 1.19 bits per heavy atom. The lowest BCUT2D eigenvalue weighted by atomic mass is 9.80. The molecule has 0 aliphatic heterocycles. The number of aromatic amines is 1. The number of rotatable bonds is 3. The van der Waals surface area contributed by atoms with Crippen molar-refractivity contribution in [2.24, 2.45) is 10.7 Å². The Hall–Kier alpha value is -2.88. The molecule has 26 heavy (non-hydrogen) atoms. The van der Waals surface area contributed by atoms with Crippen LogP contribution in [0.1, 0.15) is 52.0 Å². The van der Waals surface area contributed by atoms with Gasteiger partial charge in [0.25, 0.3) is 0 Å². The van der Waals surface area contributed by atoms with Gasteiger partial charge in [0.1, 0.15) is 0 Å². The van der Waals surface area contributed by atoms with E-state index in [2.05, 4.69) is 41.2 Å². The van der Waals surface area contributed by atoms with Crippen LogP contribution in [-0.4, -0.2) is 23.7 Å². The summed E-state index contributed by atoms with van der Waals surface area (Å²) in [5, 5.41) is 0.912. The molecule has 3 N–H and O–H groups in total. The zero-order valence-corrected chi connectivity index (χ0v) is 15.2. The molecule has 1 aliphatic carbocycles. The lowest BCUT2D eigenvalue weighted by Crippen LogP contribution is -2.20. The van der Waals surface area contributed by atoms with E-state index in [1.807, 2.05) is 19.2 Å². The Bertz CT molecular complexity index is 1010. The average molecular weight is 345 g/mol. The molecule has 2 aromatic carbocycles. The number of hydrogen-bond donors (Lipinski definition) is 2. The second-order valence-corrected chi connectivity index (χ2v) is 6.94. The van der Waals surface area contributed by atoms with Crippen LogP contribution in [0.4, 0.5) is 0 Å². The minimum Gasteiger partial charge on any atom is -0.366 e. The van der Waals surface area contributed by atoms with Crippen molar-refractivity contribution in [3.63, 3.8) is 0 Å². The van der Waals surface area contributed by atoms with Crippen LogP contribution in [0.2, 0.25) is 0 Å². The molecular weight excluding hydrogens is 322 g/mol. The van der Waals surface area contributed by atoms with Crippen LogP contribution in [0.25, 0.3) is 10.9 Å². The Balaban J connectivity index is 1.83. The molecule has 0 spiro atoms. The number of nitrogens with two attached hydrogens (primary N) is 1.